The molecule has 1 spiro atoms. The number of urea groups is 1. The predicted octanol–water partition coefficient (Wildman–Crippen LogP) is 3.68. The van der Waals surface area contributed by atoms with E-state index < -0.39 is 5.54 Å². The zero-order valence-corrected chi connectivity index (χ0v) is 18.2. The van der Waals surface area contributed by atoms with Crippen LogP contribution in [0.5, 0.6) is 0 Å². The van der Waals surface area contributed by atoms with Gasteiger partial charge in [0.1, 0.15) is 5.54 Å². The van der Waals surface area contributed by atoms with Crippen LogP contribution in [-0.2, 0) is 11.3 Å². The van der Waals surface area contributed by atoms with E-state index >= 15 is 0 Å². The van der Waals surface area contributed by atoms with Crippen molar-refractivity contribution in [2.24, 2.45) is 0 Å². The van der Waals surface area contributed by atoms with E-state index in [0.29, 0.717) is 24.4 Å². The fraction of sp³-hybridized carbons (Fsp3) is 0.524. The third-order valence-electron chi connectivity index (χ3n) is 6.25. The molecule has 158 valence electrons. The highest BCUT2D eigenvalue weighted by atomic mass is 79.9. The molecule has 3 amide bonds. The smallest absolute Gasteiger partial charge is 0.326 e. The second kappa shape index (κ2) is 7.77. The minimum Gasteiger partial charge on any atom is -0.419 e. The van der Waals surface area contributed by atoms with Gasteiger partial charge in [-0.2, -0.15) is 0 Å². The molecule has 2 saturated carbocycles. The largest absolute Gasteiger partial charge is 0.419 e. The third-order valence-corrected chi connectivity index (χ3v) is 6.94. The van der Waals surface area contributed by atoms with Crippen molar-refractivity contribution in [1.29, 1.82) is 0 Å². The van der Waals surface area contributed by atoms with Crippen LogP contribution in [-0.4, -0.2) is 50.2 Å². The quantitative estimate of drug-likeness (QED) is 0.643. The summed E-state index contributed by atoms with van der Waals surface area (Å²) >= 11 is 3.51. The number of halogens is 1. The van der Waals surface area contributed by atoms with E-state index in [2.05, 4.69) is 36.3 Å². The minimum atomic E-state index is -0.693. The van der Waals surface area contributed by atoms with Crippen LogP contribution in [0.1, 0.15) is 50.8 Å². The maximum absolute atomic E-state index is 13.1. The van der Waals surface area contributed by atoms with Gasteiger partial charge in [-0.3, -0.25) is 9.69 Å². The first-order valence-corrected chi connectivity index (χ1v) is 11.3. The van der Waals surface area contributed by atoms with Gasteiger partial charge in [-0.1, -0.05) is 31.4 Å². The van der Waals surface area contributed by atoms with E-state index in [-0.39, 0.29) is 18.6 Å². The summed E-state index contributed by atoms with van der Waals surface area (Å²) in [6.07, 6.45) is 6.63. The molecule has 1 N–H and O–H groups in total. The second-order valence-corrected chi connectivity index (χ2v) is 9.26. The Morgan fingerprint density at radius 2 is 1.93 bits per heavy atom. The predicted molar refractivity (Wildman–Crippen MR) is 112 cm³/mol. The van der Waals surface area contributed by atoms with Crippen molar-refractivity contribution in [3.05, 3.63) is 34.6 Å². The highest BCUT2D eigenvalue weighted by molar-refractivity contribution is 9.10. The van der Waals surface area contributed by atoms with Gasteiger partial charge >= 0.3 is 6.03 Å². The van der Waals surface area contributed by atoms with Gasteiger partial charge in [0.05, 0.1) is 18.8 Å². The molecule has 0 radical (unpaired) electrons. The van der Waals surface area contributed by atoms with Crippen LogP contribution >= 0.6 is 15.9 Å². The lowest BCUT2D eigenvalue weighted by molar-refractivity contribution is -0.134. The number of amides is 3. The Morgan fingerprint density at radius 3 is 2.67 bits per heavy atom. The van der Waals surface area contributed by atoms with Crippen molar-refractivity contribution in [1.82, 2.24) is 25.3 Å². The normalized spacial score (nSPS) is 20.9. The Balaban J connectivity index is 1.31. The van der Waals surface area contributed by atoms with Crippen molar-refractivity contribution in [3.8, 4) is 11.5 Å². The summed E-state index contributed by atoms with van der Waals surface area (Å²) in [5.41, 5.74) is 0.143. The molecule has 0 unspecified atom stereocenters. The maximum atomic E-state index is 13.1. The summed E-state index contributed by atoms with van der Waals surface area (Å²) < 4.78 is 6.77. The fourth-order valence-corrected chi connectivity index (χ4v) is 4.90. The fourth-order valence-electron chi connectivity index (χ4n) is 4.45. The molecule has 2 aromatic rings. The number of carbonyl (C=O) groups is 2. The summed E-state index contributed by atoms with van der Waals surface area (Å²) in [4.78, 5) is 29.2. The number of rotatable bonds is 6. The molecule has 1 aliphatic heterocycles. The Hall–Kier alpha value is -2.26. The first-order valence-electron chi connectivity index (χ1n) is 10.5. The Kier molecular flexibility index (Phi) is 5.10. The molecule has 9 heteroatoms. The number of aromatic nitrogens is 2. The molecule has 1 saturated heterocycles. The van der Waals surface area contributed by atoms with Crippen LogP contribution in [0.4, 0.5) is 4.79 Å². The average molecular weight is 474 g/mol. The standard InChI is InChI=1S/C21H24BrN5O3/c22-16-7-3-2-6-15(16)18-25-24-17(30-18)12-26(14-8-9-14)13-27-19(28)21(23-20(27)29)10-4-1-5-11-21/h2-3,6-7,14H,1,4-5,8-13H2,(H,23,29). The van der Waals surface area contributed by atoms with Gasteiger partial charge in [0.15, 0.2) is 0 Å². The van der Waals surface area contributed by atoms with Crippen molar-refractivity contribution in [2.75, 3.05) is 6.67 Å². The number of benzene rings is 1. The lowest BCUT2D eigenvalue weighted by Crippen LogP contribution is -2.49. The van der Waals surface area contributed by atoms with Crippen LogP contribution in [0.3, 0.4) is 0 Å². The van der Waals surface area contributed by atoms with Gasteiger partial charge in [-0.05, 0) is 53.7 Å². The van der Waals surface area contributed by atoms with Crippen LogP contribution < -0.4 is 5.32 Å². The van der Waals surface area contributed by atoms with E-state index in [1.165, 1.54) is 4.90 Å². The molecule has 0 atom stereocenters. The molecule has 30 heavy (non-hydrogen) atoms. The molecule has 5 rings (SSSR count). The summed E-state index contributed by atoms with van der Waals surface area (Å²) in [5, 5.41) is 11.4. The zero-order chi connectivity index (χ0) is 20.7. The Morgan fingerprint density at radius 1 is 1.17 bits per heavy atom. The number of hydrogen-bond donors (Lipinski definition) is 1. The first kappa shape index (κ1) is 19.7. The number of hydrogen-bond acceptors (Lipinski definition) is 6. The van der Waals surface area contributed by atoms with Crippen molar-refractivity contribution in [2.45, 2.75) is 63.1 Å². The summed E-state index contributed by atoms with van der Waals surface area (Å²) in [5.74, 6) is 0.841. The average Bonchev–Trinajstić information content (AvgIpc) is 3.45. The molecule has 0 bridgehead atoms. The number of imide groups is 1. The van der Waals surface area contributed by atoms with Gasteiger partial charge in [0.25, 0.3) is 5.91 Å². The molecule has 3 aliphatic rings. The number of carbonyl (C=O) groups excluding carboxylic acids is 2. The van der Waals surface area contributed by atoms with E-state index in [0.717, 1.165) is 55.0 Å². The van der Waals surface area contributed by atoms with Gasteiger partial charge in [-0.15, -0.1) is 10.2 Å². The molecular formula is C21H24BrN5O3. The van der Waals surface area contributed by atoms with Crippen molar-refractivity contribution >= 4 is 27.9 Å². The lowest BCUT2D eigenvalue weighted by Gasteiger charge is -2.31. The first-order chi connectivity index (χ1) is 14.6. The van der Waals surface area contributed by atoms with Crippen LogP contribution in [0.25, 0.3) is 11.5 Å². The molecule has 3 fully saturated rings. The molecule has 8 nitrogen and oxygen atoms in total. The maximum Gasteiger partial charge on any atom is 0.326 e. The molecular weight excluding hydrogens is 450 g/mol. The Labute approximate surface area is 183 Å². The Bertz CT molecular complexity index is 967. The van der Waals surface area contributed by atoms with E-state index in [4.69, 9.17) is 4.42 Å². The van der Waals surface area contributed by atoms with Crippen molar-refractivity contribution in [3.63, 3.8) is 0 Å². The van der Waals surface area contributed by atoms with Gasteiger partial charge in [-0.25, -0.2) is 9.69 Å². The van der Waals surface area contributed by atoms with E-state index in [1.807, 2.05) is 24.3 Å². The minimum absolute atomic E-state index is 0.0858. The van der Waals surface area contributed by atoms with Crippen molar-refractivity contribution < 1.29 is 14.0 Å². The molecule has 1 aromatic heterocycles. The van der Waals surface area contributed by atoms with Gasteiger partial charge in [0, 0.05) is 10.5 Å². The number of nitrogens with one attached hydrogen (secondary N) is 1. The summed E-state index contributed by atoms with van der Waals surface area (Å²) in [6, 6.07) is 7.72. The highest BCUT2D eigenvalue weighted by Crippen LogP contribution is 2.35. The third kappa shape index (κ3) is 3.65. The van der Waals surface area contributed by atoms with E-state index in [9.17, 15) is 9.59 Å². The second-order valence-electron chi connectivity index (χ2n) is 8.41. The molecule has 1 aromatic carbocycles. The number of nitrogens with zero attached hydrogens (tertiary/aromatic N) is 4. The van der Waals surface area contributed by atoms with Crippen LogP contribution in [0, 0.1) is 0 Å². The van der Waals surface area contributed by atoms with Crippen LogP contribution in [0.15, 0.2) is 33.2 Å². The summed E-state index contributed by atoms with van der Waals surface area (Å²) in [6.45, 7) is 0.663. The summed E-state index contributed by atoms with van der Waals surface area (Å²) in [7, 11) is 0. The van der Waals surface area contributed by atoms with Crippen LogP contribution in [0.2, 0.25) is 0 Å². The molecule has 2 aliphatic carbocycles. The van der Waals surface area contributed by atoms with Gasteiger partial charge in [0.2, 0.25) is 11.8 Å². The topological polar surface area (TPSA) is 91.6 Å². The van der Waals surface area contributed by atoms with E-state index in [1.54, 1.807) is 0 Å². The molecule has 2 heterocycles. The van der Waals surface area contributed by atoms with Gasteiger partial charge < -0.3 is 9.73 Å². The monoisotopic (exact) mass is 473 g/mol. The SMILES string of the molecule is O=C1NC2(CCCCC2)C(=O)N1CN(Cc1nnc(-c2ccccc2Br)o1)C1CC1. The highest BCUT2D eigenvalue weighted by Gasteiger charge is 2.52. The zero-order valence-electron chi connectivity index (χ0n) is 16.6. The lowest BCUT2D eigenvalue weighted by atomic mass is 9.82.